The molecule has 2 aliphatic heterocycles. The Bertz CT molecular complexity index is 1350. The summed E-state index contributed by atoms with van der Waals surface area (Å²) in [6.45, 7) is 2.05. The van der Waals surface area contributed by atoms with Gasteiger partial charge in [0, 0.05) is 16.3 Å². The van der Waals surface area contributed by atoms with Gasteiger partial charge in [-0.2, -0.15) is 18.6 Å². The van der Waals surface area contributed by atoms with Crippen LogP contribution in [0, 0.1) is 0 Å². The van der Waals surface area contributed by atoms with Gasteiger partial charge < -0.3 is 10.2 Å². The monoisotopic (exact) mass is 514 g/mol. The van der Waals surface area contributed by atoms with Crippen molar-refractivity contribution in [2.75, 3.05) is 38.5 Å². The van der Waals surface area contributed by atoms with Crippen LogP contribution < -0.4 is 10.7 Å². The number of hydrogen-bond acceptors (Lipinski definition) is 4. The molecule has 0 radical (unpaired) electrons. The minimum Gasteiger partial charge on any atom is -0.353 e. The number of halogens is 4. The van der Waals surface area contributed by atoms with Gasteiger partial charge in [-0.25, -0.2) is 9.58 Å². The Morgan fingerprint density at radius 3 is 2.47 bits per heavy atom. The molecule has 186 valence electrons. The van der Waals surface area contributed by atoms with Gasteiger partial charge >= 0.3 is 6.18 Å². The molecule has 0 bridgehead atoms. The third-order valence-electron chi connectivity index (χ3n) is 6.50. The third kappa shape index (κ3) is 4.76. The summed E-state index contributed by atoms with van der Waals surface area (Å²) in [5, 5.41) is 4.00. The van der Waals surface area contributed by atoms with Crippen molar-refractivity contribution >= 4 is 40.4 Å². The smallest absolute Gasteiger partial charge is 0.353 e. The van der Waals surface area contributed by atoms with Crippen LogP contribution in [0.4, 0.5) is 30.2 Å². The number of benzene rings is 3. The van der Waals surface area contributed by atoms with Crippen LogP contribution in [0.5, 0.6) is 0 Å². The lowest BCUT2D eigenvalue weighted by atomic mass is 10.1. The molecule has 3 aromatic carbocycles. The Hall–Kier alpha value is -3.56. The maximum atomic E-state index is 13.4. The van der Waals surface area contributed by atoms with Gasteiger partial charge in [-0.15, -0.1) is 0 Å². The number of rotatable bonds is 2. The number of amides is 1. The van der Waals surface area contributed by atoms with E-state index in [4.69, 9.17) is 16.6 Å². The van der Waals surface area contributed by atoms with E-state index < -0.39 is 17.6 Å². The number of likely N-dealkylation sites (N-methyl/N-ethyl adjacent to an activating group) is 1. The number of anilines is 2. The zero-order valence-electron chi connectivity index (χ0n) is 19.4. The summed E-state index contributed by atoms with van der Waals surface area (Å²) in [5.74, 6) is 0.0305. The number of carbonyl (C=O) groups is 1. The number of hydrogen-bond donors (Lipinski definition) is 2. The van der Waals surface area contributed by atoms with E-state index in [1.807, 2.05) is 37.4 Å². The summed E-state index contributed by atoms with van der Waals surface area (Å²) in [5.41, 5.74) is 4.89. The van der Waals surface area contributed by atoms with Gasteiger partial charge in [-0.05, 0) is 42.5 Å². The Kier molecular flexibility index (Phi) is 6.13. The molecule has 2 N–H and O–H groups in total. The maximum absolute atomic E-state index is 13.4. The van der Waals surface area contributed by atoms with Crippen LogP contribution in [-0.2, 0) is 6.18 Å². The van der Waals surface area contributed by atoms with E-state index in [0.717, 1.165) is 28.8 Å². The van der Waals surface area contributed by atoms with E-state index >= 15 is 0 Å². The number of aliphatic imine (C=N–C) groups is 1. The van der Waals surface area contributed by atoms with Gasteiger partial charge in [0.05, 0.1) is 42.6 Å². The molecule has 0 saturated carbocycles. The van der Waals surface area contributed by atoms with Gasteiger partial charge in [0.15, 0.2) is 0 Å². The van der Waals surface area contributed by atoms with Crippen molar-refractivity contribution in [3.8, 4) is 0 Å². The second-order valence-electron chi connectivity index (χ2n) is 9.08. The summed E-state index contributed by atoms with van der Waals surface area (Å²) >= 11 is 6.23. The highest BCUT2D eigenvalue weighted by molar-refractivity contribution is 6.31. The molecular weight excluding hydrogens is 491 g/mol. The van der Waals surface area contributed by atoms with Crippen LogP contribution in [0.2, 0.25) is 5.02 Å². The minimum atomic E-state index is -4.61. The van der Waals surface area contributed by atoms with E-state index in [2.05, 4.69) is 15.6 Å². The quantitative estimate of drug-likeness (QED) is 0.438. The number of quaternary nitrogens is 1. The molecule has 0 aliphatic carbocycles. The molecule has 6 nitrogen and oxygen atoms in total. The average molecular weight is 515 g/mol. The molecule has 1 saturated heterocycles. The fourth-order valence-corrected chi connectivity index (χ4v) is 4.68. The summed E-state index contributed by atoms with van der Waals surface area (Å²) in [6, 6.07) is 18.2. The zero-order valence-corrected chi connectivity index (χ0v) is 20.2. The van der Waals surface area contributed by atoms with Crippen molar-refractivity contribution < 1.29 is 22.6 Å². The number of nitrogens with one attached hydrogen (secondary N) is 2. The molecule has 36 heavy (non-hydrogen) atoms. The number of nitrogens with zero attached hydrogens (tertiary/aromatic N) is 3. The molecule has 0 aromatic heterocycles. The lowest BCUT2D eigenvalue weighted by molar-refractivity contribution is -0.946. The number of amidine groups is 1. The largest absolute Gasteiger partial charge is 0.417 e. The summed E-state index contributed by atoms with van der Waals surface area (Å²) in [6.07, 6.45) is -4.61. The maximum Gasteiger partial charge on any atom is 0.417 e. The van der Waals surface area contributed by atoms with E-state index in [-0.39, 0.29) is 10.2 Å². The number of para-hydroxylation sites is 1. The van der Waals surface area contributed by atoms with E-state index in [1.54, 1.807) is 12.1 Å². The molecule has 2 aliphatic rings. The first-order valence-electron chi connectivity index (χ1n) is 11.5. The van der Waals surface area contributed by atoms with E-state index in [0.29, 0.717) is 36.9 Å². The van der Waals surface area contributed by atoms with Crippen LogP contribution in [-0.4, -0.2) is 54.5 Å². The molecule has 5 rings (SSSR count). The van der Waals surface area contributed by atoms with Gasteiger partial charge in [0.2, 0.25) is 0 Å². The van der Waals surface area contributed by atoms with Gasteiger partial charge in [0.1, 0.15) is 18.9 Å². The summed E-state index contributed by atoms with van der Waals surface area (Å²) < 4.78 is 40.3. The molecule has 0 atom stereocenters. The molecule has 0 unspecified atom stereocenters. The molecular formula is C26H24ClF3N5O+. The first-order chi connectivity index (χ1) is 17.1. The normalized spacial score (nSPS) is 16.7. The standard InChI is InChI=1S/C26H23ClF3N5O/c1-35(33-25(36)18-6-2-4-8-20(18)26(28,29)30)14-12-34(13-15-35)24-19-7-3-5-9-21(19)31-22-11-10-17(27)16-23(22)32-24/h2-11,16H,12-15H2,1H3,(H-,31,32,33,36)/p+1. The fourth-order valence-electron chi connectivity index (χ4n) is 4.51. The van der Waals surface area contributed by atoms with Gasteiger partial charge in [0.25, 0.3) is 5.91 Å². The topological polar surface area (TPSA) is 56.7 Å². The lowest BCUT2D eigenvalue weighted by Crippen LogP contribution is -2.66. The Balaban J connectivity index is 1.37. The third-order valence-corrected chi connectivity index (χ3v) is 6.73. The highest BCUT2D eigenvalue weighted by Gasteiger charge is 2.38. The SMILES string of the molecule is C[N+]1(NC(=O)c2ccccc2C(F)(F)F)CCN(C2=Nc3cc(Cl)ccc3Nc3ccccc32)CC1. The number of carbonyl (C=O) groups excluding carboxylic acids is 1. The minimum absolute atomic E-state index is 0.108. The molecule has 2 heterocycles. The Morgan fingerprint density at radius 2 is 1.72 bits per heavy atom. The first kappa shape index (κ1) is 24.1. The predicted octanol–water partition coefficient (Wildman–Crippen LogP) is 5.60. The highest BCUT2D eigenvalue weighted by atomic mass is 35.5. The van der Waals surface area contributed by atoms with Crippen molar-refractivity contribution in [2.24, 2.45) is 4.99 Å². The highest BCUT2D eigenvalue weighted by Crippen LogP contribution is 2.37. The second-order valence-corrected chi connectivity index (χ2v) is 9.52. The molecule has 3 aromatic rings. The van der Waals surface area contributed by atoms with Crippen LogP contribution in [0.25, 0.3) is 0 Å². The van der Waals surface area contributed by atoms with Crippen LogP contribution in [0.1, 0.15) is 21.5 Å². The summed E-state index contributed by atoms with van der Waals surface area (Å²) in [7, 11) is 1.81. The van der Waals surface area contributed by atoms with Crippen molar-refractivity contribution in [1.29, 1.82) is 0 Å². The van der Waals surface area contributed by atoms with Crippen LogP contribution >= 0.6 is 11.6 Å². The van der Waals surface area contributed by atoms with E-state index in [1.165, 1.54) is 18.2 Å². The Labute approximate surface area is 211 Å². The molecule has 0 spiro atoms. The lowest BCUT2D eigenvalue weighted by Gasteiger charge is -2.42. The van der Waals surface area contributed by atoms with Crippen LogP contribution in [0.15, 0.2) is 71.7 Å². The van der Waals surface area contributed by atoms with Gasteiger partial charge in [-0.1, -0.05) is 35.9 Å². The number of alkyl halides is 3. The zero-order chi connectivity index (χ0) is 25.5. The second kappa shape index (κ2) is 9.15. The predicted molar refractivity (Wildman–Crippen MR) is 134 cm³/mol. The Morgan fingerprint density at radius 1 is 1.03 bits per heavy atom. The van der Waals surface area contributed by atoms with Crippen molar-refractivity contribution in [1.82, 2.24) is 10.3 Å². The fraction of sp³-hybridized carbons (Fsp3) is 0.231. The van der Waals surface area contributed by atoms with Crippen LogP contribution in [0.3, 0.4) is 0 Å². The van der Waals surface area contributed by atoms with Crippen molar-refractivity contribution in [2.45, 2.75) is 6.18 Å². The molecule has 1 fully saturated rings. The van der Waals surface area contributed by atoms with Gasteiger partial charge in [-0.3, -0.25) is 4.79 Å². The number of fused-ring (bicyclic) bond motifs is 2. The average Bonchev–Trinajstić information content (AvgIpc) is 3.00. The summed E-state index contributed by atoms with van der Waals surface area (Å²) in [4.78, 5) is 19.9. The molecule has 10 heteroatoms. The molecule has 1 amide bonds. The van der Waals surface area contributed by atoms with Crippen molar-refractivity contribution in [3.05, 3.63) is 88.4 Å². The van der Waals surface area contributed by atoms with Crippen molar-refractivity contribution in [3.63, 3.8) is 0 Å². The number of piperazine rings is 1. The van der Waals surface area contributed by atoms with E-state index in [9.17, 15) is 18.0 Å². The first-order valence-corrected chi connectivity index (χ1v) is 11.8.